The minimum atomic E-state index is -0.579. The number of piperidine rings is 1. The summed E-state index contributed by atoms with van der Waals surface area (Å²) in [4.78, 5) is 26.7. The molecule has 1 aromatic carbocycles. The first kappa shape index (κ1) is 18.5. The van der Waals surface area contributed by atoms with E-state index in [0.717, 1.165) is 50.1 Å². The number of para-hydroxylation sites is 1. The standard InChI is InChI=1S/C19H29N3O2/c1-3-5-12-22-13-10-16(11-14-22)20-18(23)19(24)21-17-9-7-6-8-15(17)4-2/h6-9,16H,3-5,10-14H2,1-2H3,(H,20,23)(H,21,24). The Kier molecular flexibility index (Phi) is 7.25. The number of nitrogens with one attached hydrogen (secondary N) is 2. The molecule has 0 unspecified atom stereocenters. The maximum absolute atomic E-state index is 12.1. The average molecular weight is 331 g/mol. The zero-order chi connectivity index (χ0) is 17.4. The van der Waals surface area contributed by atoms with Gasteiger partial charge in [-0.3, -0.25) is 9.59 Å². The van der Waals surface area contributed by atoms with E-state index in [0.29, 0.717) is 0 Å². The van der Waals surface area contributed by atoms with Crippen molar-refractivity contribution in [2.75, 3.05) is 25.0 Å². The predicted octanol–water partition coefficient (Wildman–Crippen LogP) is 2.57. The van der Waals surface area contributed by atoms with Gasteiger partial charge in [-0.2, -0.15) is 0 Å². The van der Waals surface area contributed by atoms with E-state index in [9.17, 15) is 9.59 Å². The number of carbonyl (C=O) groups excluding carboxylic acids is 2. The van der Waals surface area contributed by atoms with Gasteiger partial charge in [-0.1, -0.05) is 38.5 Å². The molecule has 0 aromatic heterocycles. The van der Waals surface area contributed by atoms with Gasteiger partial charge < -0.3 is 15.5 Å². The molecule has 0 spiro atoms. The largest absolute Gasteiger partial charge is 0.345 e. The fraction of sp³-hybridized carbons (Fsp3) is 0.579. The molecule has 1 heterocycles. The average Bonchev–Trinajstić information content (AvgIpc) is 2.61. The molecule has 1 aliphatic rings. The lowest BCUT2D eigenvalue weighted by atomic mass is 10.0. The van der Waals surface area contributed by atoms with Crippen LogP contribution in [0.3, 0.4) is 0 Å². The lowest BCUT2D eigenvalue weighted by Crippen LogP contribution is -2.47. The van der Waals surface area contributed by atoms with Gasteiger partial charge in [-0.15, -0.1) is 0 Å². The number of hydrogen-bond acceptors (Lipinski definition) is 3. The SMILES string of the molecule is CCCCN1CCC(NC(=O)C(=O)Nc2ccccc2CC)CC1. The van der Waals surface area contributed by atoms with Crippen LogP contribution in [0.5, 0.6) is 0 Å². The van der Waals surface area contributed by atoms with Crippen LogP contribution in [0, 0.1) is 0 Å². The lowest BCUT2D eigenvalue weighted by Gasteiger charge is -2.32. The van der Waals surface area contributed by atoms with E-state index < -0.39 is 11.8 Å². The minimum Gasteiger partial charge on any atom is -0.345 e. The van der Waals surface area contributed by atoms with Crippen molar-refractivity contribution in [3.8, 4) is 0 Å². The molecule has 1 saturated heterocycles. The quantitative estimate of drug-likeness (QED) is 0.788. The molecule has 1 fully saturated rings. The second kappa shape index (κ2) is 9.42. The molecule has 0 saturated carbocycles. The lowest BCUT2D eigenvalue weighted by molar-refractivity contribution is -0.136. The van der Waals surface area contributed by atoms with Gasteiger partial charge in [0.15, 0.2) is 0 Å². The van der Waals surface area contributed by atoms with Crippen molar-refractivity contribution in [2.24, 2.45) is 0 Å². The third-order valence-electron chi connectivity index (χ3n) is 4.60. The molecular formula is C19H29N3O2. The third kappa shape index (κ3) is 5.34. The molecule has 2 N–H and O–H groups in total. The van der Waals surface area contributed by atoms with E-state index in [4.69, 9.17) is 0 Å². The summed E-state index contributed by atoms with van der Waals surface area (Å²) in [5.74, 6) is -1.11. The number of likely N-dealkylation sites (tertiary alicyclic amines) is 1. The van der Waals surface area contributed by atoms with Gasteiger partial charge in [0.05, 0.1) is 0 Å². The fourth-order valence-electron chi connectivity index (χ4n) is 3.06. The molecule has 1 aliphatic heterocycles. The van der Waals surface area contributed by atoms with Crippen LogP contribution in [-0.4, -0.2) is 42.4 Å². The van der Waals surface area contributed by atoms with E-state index in [1.807, 2.05) is 31.2 Å². The van der Waals surface area contributed by atoms with E-state index >= 15 is 0 Å². The number of anilines is 1. The van der Waals surface area contributed by atoms with Gasteiger partial charge >= 0.3 is 11.8 Å². The summed E-state index contributed by atoms with van der Waals surface area (Å²) in [6.45, 7) is 7.33. The highest BCUT2D eigenvalue weighted by atomic mass is 16.2. The van der Waals surface area contributed by atoms with Crippen LogP contribution in [0.25, 0.3) is 0 Å². The van der Waals surface area contributed by atoms with Gasteiger partial charge in [0.1, 0.15) is 0 Å². The highest BCUT2D eigenvalue weighted by Gasteiger charge is 2.23. The van der Waals surface area contributed by atoms with Crippen molar-refractivity contribution in [2.45, 2.75) is 52.0 Å². The van der Waals surface area contributed by atoms with Crippen molar-refractivity contribution in [1.82, 2.24) is 10.2 Å². The molecule has 5 nitrogen and oxygen atoms in total. The van der Waals surface area contributed by atoms with Crippen LogP contribution in [-0.2, 0) is 16.0 Å². The Morgan fingerprint density at radius 1 is 1.12 bits per heavy atom. The number of rotatable bonds is 6. The Labute approximate surface area is 144 Å². The highest BCUT2D eigenvalue weighted by Crippen LogP contribution is 2.15. The predicted molar refractivity (Wildman–Crippen MR) is 97.0 cm³/mol. The zero-order valence-corrected chi connectivity index (χ0v) is 14.8. The molecule has 0 atom stereocenters. The van der Waals surface area contributed by atoms with Crippen LogP contribution in [0.2, 0.25) is 0 Å². The second-order valence-corrected chi connectivity index (χ2v) is 6.41. The summed E-state index contributed by atoms with van der Waals surface area (Å²) < 4.78 is 0. The summed E-state index contributed by atoms with van der Waals surface area (Å²) in [5.41, 5.74) is 1.75. The molecule has 2 rings (SSSR count). The van der Waals surface area contributed by atoms with E-state index in [1.54, 1.807) is 0 Å². The first-order chi connectivity index (χ1) is 11.6. The number of benzene rings is 1. The van der Waals surface area contributed by atoms with Crippen molar-refractivity contribution < 1.29 is 9.59 Å². The first-order valence-corrected chi connectivity index (χ1v) is 9.06. The number of carbonyl (C=O) groups is 2. The van der Waals surface area contributed by atoms with Crippen LogP contribution >= 0.6 is 0 Å². The molecular weight excluding hydrogens is 302 g/mol. The van der Waals surface area contributed by atoms with Gasteiger partial charge in [0.2, 0.25) is 0 Å². The Morgan fingerprint density at radius 3 is 2.50 bits per heavy atom. The normalized spacial score (nSPS) is 15.9. The molecule has 2 amide bonds. The van der Waals surface area contributed by atoms with Crippen molar-refractivity contribution in [3.63, 3.8) is 0 Å². The van der Waals surface area contributed by atoms with Crippen LogP contribution in [0.15, 0.2) is 24.3 Å². The maximum Gasteiger partial charge on any atom is 0.313 e. The number of unbranched alkanes of at least 4 members (excludes halogenated alkanes) is 1. The van der Waals surface area contributed by atoms with Gasteiger partial charge in [0, 0.05) is 24.8 Å². The van der Waals surface area contributed by atoms with E-state index in [-0.39, 0.29) is 6.04 Å². The van der Waals surface area contributed by atoms with Gasteiger partial charge in [-0.05, 0) is 43.9 Å². The van der Waals surface area contributed by atoms with Crippen LogP contribution in [0.4, 0.5) is 5.69 Å². The molecule has 132 valence electrons. The van der Waals surface area contributed by atoms with Crippen molar-refractivity contribution in [1.29, 1.82) is 0 Å². The summed E-state index contributed by atoms with van der Waals surface area (Å²) in [7, 11) is 0. The molecule has 1 aromatic rings. The monoisotopic (exact) mass is 331 g/mol. The fourth-order valence-corrected chi connectivity index (χ4v) is 3.06. The van der Waals surface area contributed by atoms with E-state index in [1.165, 1.54) is 12.8 Å². The summed E-state index contributed by atoms with van der Waals surface area (Å²) in [6, 6.07) is 7.68. The van der Waals surface area contributed by atoms with E-state index in [2.05, 4.69) is 22.5 Å². The zero-order valence-electron chi connectivity index (χ0n) is 14.8. The third-order valence-corrected chi connectivity index (χ3v) is 4.60. The Bertz CT molecular complexity index is 551. The molecule has 0 bridgehead atoms. The Hall–Kier alpha value is -1.88. The molecule has 0 aliphatic carbocycles. The van der Waals surface area contributed by atoms with Gasteiger partial charge in [0.25, 0.3) is 0 Å². The smallest absolute Gasteiger partial charge is 0.313 e. The summed E-state index contributed by atoms with van der Waals surface area (Å²) in [6.07, 6.45) is 5.06. The highest BCUT2D eigenvalue weighted by molar-refractivity contribution is 6.39. The van der Waals surface area contributed by atoms with Gasteiger partial charge in [-0.25, -0.2) is 0 Å². The van der Waals surface area contributed by atoms with Crippen molar-refractivity contribution in [3.05, 3.63) is 29.8 Å². The number of hydrogen-bond donors (Lipinski definition) is 2. The summed E-state index contributed by atoms with van der Waals surface area (Å²) >= 11 is 0. The minimum absolute atomic E-state index is 0.0996. The number of aryl methyl sites for hydroxylation is 1. The molecule has 5 heteroatoms. The second-order valence-electron chi connectivity index (χ2n) is 6.41. The summed E-state index contributed by atoms with van der Waals surface area (Å²) in [5, 5.41) is 5.60. The number of nitrogens with zero attached hydrogens (tertiary/aromatic N) is 1. The topological polar surface area (TPSA) is 61.4 Å². The number of amides is 2. The Balaban J connectivity index is 1.79. The first-order valence-electron chi connectivity index (χ1n) is 9.06. The van der Waals surface area contributed by atoms with Crippen molar-refractivity contribution >= 4 is 17.5 Å². The van der Waals surface area contributed by atoms with Crippen LogP contribution in [0.1, 0.15) is 45.1 Å². The van der Waals surface area contributed by atoms with Crippen LogP contribution < -0.4 is 10.6 Å². The maximum atomic E-state index is 12.1. The molecule has 24 heavy (non-hydrogen) atoms. The Morgan fingerprint density at radius 2 is 1.83 bits per heavy atom. The molecule has 0 radical (unpaired) electrons.